The lowest BCUT2D eigenvalue weighted by Gasteiger charge is -2.23. The molecular formula is C12H18N6O2. The predicted molar refractivity (Wildman–Crippen MR) is 75.1 cm³/mol. The molecule has 0 aliphatic rings. The Morgan fingerprint density at radius 1 is 1.50 bits per heavy atom. The van der Waals surface area contributed by atoms with Crippen molar-refractivity contribution in [1.82, 2.24) is 14.6 Å². The van der Waals surface area contributed by atoms with Crippen molar-refractivity contribution in [1.29, 1.82) is 0 Å². The van der Waals surface area contributed by atoms with Gasteiger partial charge < -0.3 is 20.6 Å². The van der Waals surface area contributed by atoms with E-state index in [9.17, 15) is 0 Å². The van der Waals surface area contributed by atoms with Crippen molar-refractivity contribution in [2.45, 2.75) is 6.42 Å². The van der Waals surface area contributed by atoms with E-state index < -0.39 is 0 Å². The highest BCUT2D eigenvalue weighted by Crippen LogP contribution is 2.12. The van der Waals surface area contributed by atoms with Crippen molar-refractivity contribution in [2.24, 2.45) is 10.9 Å². The van der Waals surface area contributed by atoms with Crippen molar-refractivity contribution in [3.63, 3.8) is 0 Å². The van der Waals surface area contributed by atoms with E-state index in [4.69, 9.17) is 15.7 Å². The standard InChI is InChI=1S/C12H18N6O2/c1-20-9-8-17(6-3-10(13)16-19)11-4-7-18-12(15-11)2-5-14-18/h2,4-5,7,19H,3,6,8-9H2,1H3,(H2,13,16). The quantitative estimate of drug-likeness (QED) is 0.327. The summed E-state index contributed by atoms with van der Waals surface area (Å²) < 4.78 is 6.80. The van der Waals surface area contributed by atoms with E-state index in [1.807, 2.05) is 23.2 Å². The molecule has 0 aliphatic heterocycles. The Hall–Kier alpha value is -2.35. The second-order valence-electron chi connectivity index (χ2n) is 4.24. The fourth-order valence-electron chi connectivity index (χ4n) is 1.82. The summed E-state index contributed by atoms with van der Waals surface area (Å²) in [5, 5.41) is 15.7. The molecule has 20 heavy (non-hydrogen) atoms. The molecule has 0 spiro atoms. The molecule has 2 rings (SSSR count). The smallest absolute Gasteiger partial charge is 0.157 e. The molecule has 0 saturated carbocycles. The van der Waals surface area contributed by atoms with E-state index in [0.29, 0.717) is 26.1 Å². The van der Waals surface area contributed by atoms with Crippen LogP contribution in [0.5, 0.6) is 0 Å². The van der Waals surface area contributed by atoms with Crippen molar-refractivity contribution in [3.8, 4) is 0 Å². The molecule has 2 aromatic rings. The lowest BCUT2D eigenvalue weighted by Crippen LogP contribution is -2.32. The second kappa shape index (κ2) is 6.71. The van der Waals surface area contributed by atoms with Gasteiger partial charge in [0.15, 0.2) is 5.65 Å². The van der Waals surface area contributed by atoms with Crippen LogP contribution in [0.1, 0.15) is 6.42 Å². The number of anilines is 1. The van der Waals surface area contributed by atoms with Gasteiger partial charge >= 0.3 is 0 Å². The van der Waals surface area contributed by atoms with Crippen LogP contribution in [0.3, 0.4) is 0 Å². The Morgan fingerprint density at radius 2 is 2.35 bits per heavy atom. The molecule has 2 aromatic heterocycles. The zero-order valence-electron chi connectivity index (χ0n) is 11.3. The molecule has 2 heterocycles. The topological polar surface area (TPSA) is 101 Å². The Morgan fingerprint density at radius 3 is 3.10 bits per heavy atom. The van der Waals surface area contributed by atoms with Crippen molar-refractivity contribution < 1.29 is 9.94 Å². The van der Waals surface area contributed by atoms with Gasteiger partial charge in [-0.15, -0.1) is 0 Å². The van der Waals surface area contributed by atoms with Gasteiger partial charge in [0.05, 0.1) is 12.8 Å². The highest BCUT2D eigenvalue weighted by Gasteiger charge is 2.10. The number of fused-ring (bicyclic) bond motifs is 1. The predicted octanol–water partition coefficient (Wildman–Crippen LogP) is 0.319. The summed E-state index contributed by atoms with van der Waals surface area (Å²) >= 11 is 0. The molecule has 0 bridgehead atoms. The van der Waals surface area contributed by atoms with Crippen LogP contribution in [0.4, 0.5) is 5.82 Å². The third-order valence-electron chi connectivity index (χ3n) is 2.90. The molecule has 3 N–H and O–H groups in total. The molecule has 8 heteroatoms. The summed E-state index contributed by atoms with van der Waals surface area (Å²) in [7, 11) is 1.65. The second-order valence-corrected chi connectivity index (χ2v) is 4.24. The van der Waals surface area contributed by atoms with E-state index >= 15 is 0 Å². The Bertz CT molecular complexity index is 582. The minimum Gasteiger partial charge on any atom is -0.409 e. The first kappa shape index (κ1) is 14.1. The highest BCUT2D eigenvalue weighted by atomic mass is 16.5. The van der Waals surface area contributed by atoms with Gasteiger partial charge in [0.2, 0.25) is 0 Å². The zero-order valence-corrected chi connectivity index (χ0v) is 11.3. The average Bonchev–Trinajstić information content (AvgIpc) is 2.94. The number of oxime groups is 1. The number of hydrogen-bond donors (Lipinski definition) is 2. The number of aromatic nitrogens is 3. The van der Waals surface area contributed by atoms with Gasteiger partial charge in [0.1, 0.15) is 11.7 Å². The number of methoxy groups -OCH3 is 1. The molecule has 0 radical (unpaired) electrons. The van der Waals surface area contributed by atoms with Crippen LogP contribution >= 0.6 is 0 Å². The van der Waals surface area contributed by atoms with Crippen LogP contribution in [-0.2, 0) is 4.74 Å². The average molecular weight is 278 g/mol. The summed E-state index contributed by atoms with van der Waals surface area (Å²) in [4.78, 5) is 6.54. The van der Waals surface area contributed by atoms with Gasteiger partial charge in [-0.05, 0) is 6.07 Å². The van der Waals surface area contributed by atoms with E-state index in [-0.39, 0.29) is 5.84 Å². The van der Waals surface area contributed by atoms with E-state index in [1.165, 1.54) is 0 Å². The van der Waals surface area contributed by atoms with Gasteiger partial charge in [0, 0.05) is 38.9 Å². The van der Waals surface area contributed by atoms with Crippen LogP contribution in [0.15, 0.2) is 29.7 Å². The number of rotatable bonds is 7. The molecule has 0 unspecified atom stereocenters. The van der Waals surface area contributed by atoms with Gasteiger partial charge in [-0.25, -0.2) is 9.50 Å². The summed E-state index contributed by atoms with van der Waals surface area (Å²) in [5.74, 6) is 0.999. The molecule has 0 aliphatic carbocycles. The fourth-order valence-corrected chi connectivity index (χ4v) is 1.82. The van der Waals surface area contributed by atoms with Crippen LogP contribution in [0, 0.1) is 0 Å². The van der Waals surface area contributed by atoms with Crippen molar-refractivity contribution in [2.75, 3.05) is 31.7 Å². The first-order valence-corrected chi connectivity index (χ1v) is 6.25. The molecule has 0 saturated heterocycles. The fraction of sp³-hybridized carbons (Fsp3) is 0.417. The first-order valence-electron chi connectivity index (χ1n) is 6.25. The largest absolute Gasteiger partial charge is 0.409 e. The lowest BCUT2D eigenvalue weighted by atomic mass is 10.3. The van der Waals surface area contributed by atoms with Gasteiger partial charge in [-0.1, -0.05) is 5.16 Å². The number of nitrogens with two attached hydrogens (primary N) is 1. The maximum atomic E-state index is 8.60. The van der Waals surface area contributed by atoms with Crippen molar-refractivity contribution >= 4 is 17.3 Å². The van der Waals surface area contributed by atoms with Crippen LogP contribution in [0.25, 0.3) is 5.65 Å². The van der Waals surface area contributed by atoms with Gasteiger partial charge in [-0.2, -0.15) is 5.10 Å². The number of hydrogen-bond acceptors (Lipinski definition) is 6. The van der Waals surface area contributed by atoms with Crippen LogP contribution in [0.2, 0.25) is 0 Å². The maximum absolute atomic E-state index is 8.60. The Balaban J connectivity index is 2.15. The molecule has 0 fully saturated rings. The minimum absolute atomic E-state index is 0.192. The monoisotopic (exact) mass is 278 g/mol. The first-order chi connectivity index (χ1) is 9.74. The molecule has 0 aromatic carbocycles. The van der Waals surface area contributed by atoms with Crippen LogP contribution < -0.4 is 10.6 Å². The maximum Gasteiger partial charge on any atom is 0.157 e. The van der Waals surface area contributed by atoms with E-state index in [1.54, 1.807) is 17.8 Å². The van der Waals surface area contributed by atoms with E-state index in [2.05, 4.69) is 15.2 Å². The Labute approximate surface area is 116 Å². The third-order valence-corrected chi connectivity index (χ3v) is 2.90. The number of ether oxygens (including phenoxy) is 1. The molecular weight excluding hydrogens is 260 g/mol. The lowest BCUT2D eigenvalue weighted by molar-refractivity contribution is 0.205. The molecule has 0 atom stereocenters. The third kappa shape index (κ3) is 3.35. The van der Waals surface area contributed by atoms with E-state index in [0.717, 1.165) is 11.5 Å². The highest BCUT2D eigenvalue weighted by molar-refractivity contribution is 5.80. The number of amidine groups is 1. The number of nitrogens with zero attached hydrogens (tertiary/aromatic N) is 5. The van der Waals surface area contributed by atoms with Crippen LogP contribution in [-0.4, -0.2) is 52.4 Å². The summed E-state index contributed by atoms with van der Waals surface area (Å²) in [5.41, 5.74) is 6.28. The SMILES string of the molecule is COCCN(CC/C(N)=N/O)c1ccn2nccc2n1. The molecule has 8 nitrogen and oxygen atoms in total. The van der Waals surface area contributed by atoms with Gasteiger partial charge in [0.25, 0.3) is 0 Å². The minimum atomic E-state index is 0.192. The normalized spacial score (nSPS) is 11.9. The summed E-state index contributed by atoms with van der Waals surface area (Å²) in [6.45, 7) is 1.84. The van der Waals surface area contributed by atoms with Crippen molar-refractivity contribution in [3.05, 3.63) is 24.5 Å². The Kier molecular flexibility index (Phi) is 4.72. The zero-order chi connectivity index (χ0) is 14.4. The molecule has 0 amide bonds. The summed E-state index contributed by atoms with van der Waals surface area (Å²) in [6, 6.07) is 3.71. The molecule has 108 valence electrons. The summed E-state index contributed by atoms with van der Waals surface area (Å²) in [6.07, 6.45) is 4.00. The van der Waals surface area contributed by atoms with Gasteiger partial charge in [-0.3, -0.25) is 0 Å².